The highest BCUT2D eigenvalue weighted by molar-refractivity contribution is 9.10. The van der Waals surface area contributed by atoms with E-state index in [9.17, 15) is 4.79 Å². The van der Waals surface area contributed by atoms with Crippen molar-refractivity contribution in [2.75, 3.05) is 6.61 Å². The van der Waals surface area contributed by atoms with Crippen LogP contribution in [-0.2, 0) is 9.53 Å². The summed E-state index contributed by atoms with van der Waals surface area (Å²) in [5, 5.41) is 0. The molecule has 0 saturated carbocycles. The monoisotopic (exact) mass is 321 g/mol. The average molecular weight is 322 g/mol. The predicted octanol–water partition coefficient (Wildman–Crippen LogP) is 3.52. The fourth-order valence-corrected chi connectivity index (χ4v) is 2.24. The number of ether oxygens (including phenoxy) is 1. The van der Waals surface area contributed by atoms with Gasteiger partial charge >= 0.3 is 5.97 Å². The van der Waals surface area contributed by atoms with E-state index in [1.807, 2.05) is 43.3 Å². The number of carbonyl (C=O) groups is 1. The SMILES string of the molecule is CCOC(=O)C1(N=Cc2ccc(Br)cc2)CC=CC1. The third-order valence-corrected chi connectivity index (χ3v) is 3.59. The molecule has 0 aliphatic heterocycles. The van der Waals surface area contributed by atoms with Crippen LogP contribution in [0.2, 0.25) is 0 Å². The third kappa shape index (κ3) is 3.32. The van der Waals surface area contributed by atoms with Crippen LogP contribution in [0.5, 0.6) is 0 Å². The van der Waals surface area contributed by atoms with Gasteiger partial charge in [0.25, 0.3) is 0 Å². The second kappa shape index (κ2) is 6.15. The van der Waals surface area contributed by atoms with Crippen LogP contribution in [0.25, 0.3) is 0 Å². The third-order valence-electron chi connectivity index (χ3n) is 3.06. The van der Waals surface area contributed by atoms with Gasteiger partial charge in [-0.25, -0.2) is 4.79 Å². The molecule has 1 aliphatic rings. The lowest BCUT2D eigenvalue weighted by molar-refractivity contribution is -0.149. The Morgan fingerprint density at radius 2 is 2.00 bits per heavy atom. The first-order valence-corrected chi connectivity index (χ1v) is 7.08. The number of hydrogen-bond acceptors (Lipinski definition) is 3. The molecule has 0 N–H and O–H groups in total. The molecule has 0 radical (unpaired) electrons. The Balaban J connectivity index is 2.17. The minimum absolute atomic E-state index is 0.242. The van der Waals surface area contributed by atoms with Crippen molar-refractivity contribution in [1.82, 2.24) is 0 Å². The fraction of sp³-hybridized carbons (Fsp3) is 0.333. The van der Waals surface area contributed by atoms with Gasteiger partial charge < -0.3 is 4.74 Å². The van der Waals surface area contributed by atoms with E-state index in [1.54, 1.807) is 6.21 Å². The van der Waals surface area contributed by atoms with Crippen molar-refractivity contribution < 1.29 is 9.53 Å². The van der Waals surface area contributed by atoms with Crippen LogP contribution in [-0.4, -0.2) is 24.3 Å². The van der Waals surface area contributed by atoms with E-state index in [4.69, 9.17) is 4.74 Å². The summed E-state index contributed by atoms with van der Waals surface area (Å²) in [4.78, 5) is 16.6. The molecule has 0 fully saturated rings. The fourth-order valence-electron chi connectivity index (χ4n) is 1.98. The molecule has 4 heteroatoms. The molecule has 3 nitrogen and oxygen atoms in total. The number of nitrogens with zero attached hydrogens (tertiary/aromatic N) is 1. The lowest BCUT2D eigenvalue weighted by Gasteiger charge is -2.21. The van der Waals surface area contributed by atoms with Gasteiger partial charge in [0, 0.05) is 23.5 Å². The van der Waals surface area contributed by atoms with E-state index in [0.717, 1.165) is 10.0 Å². The molecular formula is C15H16BrNO2. The van der Waals surface area contributed by atoms with Crippen LogP contribution in [0.15, 0.2) is 45.9 Å². The smallest absolute Gasteiger partial charge is 0.334 e. The van der Waals surface area contributed by atoms with Crippen molar-refractivity contribution >= 4 is 28.1 Å². The quantitative estimate of drug-likeness (QED) is 0.483. The Hall–Kier alpha value is -1.42. The van der Waals surface area contributed by atoms with Crippen molar-refractivity contribution in [2.45, 2.75) is 25.3 Å². The Labute approximate surface area is 121 Å². The van der Waals surface area contributed by atoms with E-state index >= 15 is 0 Å². The molecule has 100 valence electrons. The van der Waals surface area contributed by atoms with Crippen LogP contribution in [0.3, 0.4) is 0 Å². The minimum atomic E-state index is -0.761. The minimum Gasteiger partial charge on any atom is -0.464 e. The van der Waals surface area contributed by atoms with Gasteiger partial charge in [0.2, 0.25) is 0 Å². The highest BCUT2D eigenvalue weighted by Gasteiger charge is 2.39. The van der Waals surface area contributed by atoms with Gasteiger partial charge in [0.15, 0.2) is 5.54 Å². The molecule has 2 rings (SSSR count). The maximum absolute atomic E-state index is 12.1. The molecule has 0 saturated heterocycles. The Kier molecular flexibility index (Phi) is 4.53. The lowest BCUT2D eigenvalue weighted by Crippen LogP contribution is -2.36. The number of esters is 1. The number of carbonyl (C=O) groups excluding carboxylic acids is 1. The zero-order chi connectivity index (χ0) is 13.7. The Morgan fingerprint density at radius 1 is 1.37 bits per heavy atom. The average Bonchev–Trinajstić information content (AvgIpc) is 2.88. The van der Waals surface area contributed by atoms with Gasteiger partial charge in [0.1, 0.15) is 0 Å². The molecule has 0 amide bonds. The normalized spacial score (nSPS) is 16.9. The maximum Gasteiger partial charge on any atom is 0.334 e. The summed E-state index contributed by atoms with van der Waals surface area (Å²) in [5.41, 5.74) is 0.210. The predicted molar refractivity (Wildman–Crippen MR) is 79.5 cm³/mol. The van der Waals surface area contributed by atoms with E-state index in [1.165, 1.54) is 0 Å². The van der Waals surface area contributed by atoms with Crippen LogP contribution < -0.4 is 0 Å². The van der Waals surface area contributed by atoms with Crippen molar-refractivity contribution in [3.63, 3.8) is 0 Å². The van der Waals surface area contributed by atoms with Gasteiger partial charge in [-0.05, 0) is 24.6 Å². The number of benzene rings is 1. The van der Waals surface area contributed by atoms with Gasteiger partial charge in [-0.2, -0.15) is 0 Å². The number of aliphatic imine (C=N–C) groups is 1. The highest BCUT2D eigenvalue weighted by Crippen LogP contribution is 2.29. The topological polar surface area (TPSA) is 38.7 Å². The molecule has 0 bridgehead atoms. The summed E-state index contributed by atoms with van der Waals surface area (Å²) in [5.74, 6) is -0.242. The summed E-state index contributed by atoms with van der Waals surface area (Å²) < 4.78 is 6.16. The molecule has 1 aromatic carbocycles. The standard InChI is InChI=1S/C15H16BrNO2/c1-2-19-14(18)15(9-3-4-10-15)17-11-12-5-7-13(16)8-6-12/h3-8,11H,2,9-10H2,1H3. The summed E-state index contributed by atoms with van der Waals surface area (Å²) in [6.07, 6.45) is 6.93. The first-order chi connectivity index (χ1) is 9.16. The van der Waals surface area contributed by atoms with E-state index in [-0.39, 0.29) is 5.97 Å². The number of halogens is 1. The van der Waals surface area contributed by atoms with E-state index in [2.05, 4.69) is 20.9 Å². The second-order valence-electron chi connectivity index (χ2n) is 4.44. The largest absolute Gasteiger partial charge is 0.464 e. The van der Waals surface area contributed by atoms with Gasteiger partial charge in [-0.15, -0.1) is 0 Å². The number of rotatable bonds is 4. The van der Waals surface area contributed by atoms with Crippen LogP contribution >= 0.6 is 15.9 Å². The molecule has 0 heterocycles. The Bertz CT molecular complexity index is 497. The molecular weight excluding hydrogens is 306 g/mol. The van der Waals surface area contributed by atoms with Gasteiger partial charge in [-0.1, -0.05) is 40.2 Å². The van der Waals surface area contributed by atoms with Gasteiger partial charge in [-0.3, -0.25) is 4.99 Å². The zero-order valence-electron chi connectivity index (χ0n) is 10.8. The van der Waals surface area contributed by atoms with Crippen molar-refractivity contribution in [2.24, 2.45) is 4.99 Å². The maximum atomic E-state index is 12.1. The molecule has 1 aliphatic carbocycles. The first-order valence-electron chi connectivity index (χ1n) is 6.29. The lowest BCUT2D eigenvalue weighted by atomic mass is 9.97. The van der Waals surface area contributed by atoms with Crippen molar-refractivity contribution in [3.8, 4) is 0 Å². The summed E-state index contributed by atoms with van der Waals surface area (Å²) in [6, 6.07) is 7.81. The molecule has 0 unspecified atom stereocenters. The second-order valence-corrected chi connectivity index (χ2v) is 5.36. The summed E-state index contributed by atoms with van der Waals surface area (Å²) in [7, 11) is 0. The van der Waals surface area contributed by atoms with Crippen molar-refractivity contribution in [3.05, 3.63) is 46.5 Å². The van der Waals surface area contributed by atoms with Gasteiger partial charge in [0.05, 0.1) is 6.61 Å². The molecule has 0 aromatic heterocycles. The highest BCUT2D eigenvalue weighted by atomic mass is 79.9. The molecule has 0 atom stereocenters. The van der Waals surface area contributed by atoms with Crippen LogP contribution in [0.1, 0.15) is 25.3 Å². The first kappa shape index (κ1) is 14.0. The summed E-state index contributed by atoms with van der Waals surface area (Å²) >= 11 is 3.39. The van der Waals surface area contributed by atoms with E-state index < -0.39 is 5.54 Å². The van der Waals surface area contributed by atoms with E-state index in [0.29, 0.717) is 19.4 Å². The molecule has 19 heavy (non-hydrogen) atoms. The molecule has 1 aromatic rings. The molecule has 0 spiro atoms. The summed E-state index contributed by atoms with van der Waals surface area (Å²) in [6.45, 7) is 2.20. The van der Waals surface area contributed by atoms with Crippen LogP contribution in [0, 0.1) is 0 Å². The zero-order valence-corrected chi connectivity index (χ0v) is 12.4. The Morgan fingerprint density at radius 3 is 2.58 bits per heavy atom. The number of hydrogen-bond donors (Lipinski definition) is 0. The van der Waals surface area contributed by atoms with Crippen LogP contribution in [0.4, 0.5) is 0 Å². The van der Waals surface area contributed by atoms with Crippen molar-refractivity contribution in [1.29, 1.82) is 0 Å².